The molecule has 2 N–H and O–H groups in total. The number of hydrogen-bond donors (Lipinski definition) is 2. The van der Waals surface area contributed by atoms with Gasteiger partial charge in [0, 0.05) is 52.2 Å². The zero-order valence-corrected chi connectivity index (χ0v) is 15.4. The third-order valence-corrected chi connectivity index (χ3v) is 4.48. The maximum Gasteiger partial charge on any atom is 0.191 e. The van der Waals surface area contributed by atoms with Crippen molar-refractivity contribution in [1.82, 2.24) is 25.3 Å². The molecular weight excluding hydrogens is 328 g/mol. The smallest absolute Gasteiger partial charge is 0.191 e. The van der Waals surface area contributed by atoms with Gasteiger partial charge in [-0.05, 0) is 17.2 Å². The first kappa shape index (κ1) is 18.4. The number of ether oxygens (including phenoxy) is 1. The standard InChI is InChI=1S/C19H28N6O/c1-20-19(21-8-10-25-9-4-7-23-25)22-15-17-5-2-3-6-18(17)16-24-11-13-26-14-12-24/h2-7,9H,8,10-16H2,1H3,(H2,20,21,22). The van der Waals surface area contributed by atoms with Crippen molar-refractivity contribution in [3.8, 4) is 0 Å². The van der Waals surface area contributed by atoms with Crippen LogP contribution < -0.4 is 10.6 Å². The van der Waals surface area contributed by atoms with Gasteiger partial charge in [-0.1, -0.05) is 24.3 Å². The first-order valence-electron chi connectivity index (χ1n) is 9.14. The highest BCUT2D eigenvalue weighted by Gasteiger charge is 2.12. The van der Waals surface area contributed by atoms with E-state index in [4.69, 9.17) is 4.74 Å². The summed E-state index contributed by atoms with van der Waals surface area (Å²) in [6.07, 6.45) is 3.75. The number of aromatic nitrogens is 2. The normalized spacial score (nSPS) is 15.8. The van der Waals surface area contributed by atoms with Crippen LogP contribution in [0.15, 0.2) is 47.7 Å². The summed E-state index contributed by atoms with van der Waals surface area (Å²) in [5, 5.41) is 10.9. The second-order valence-corrected chi connectivity index (χ2v) is 6.28. The lowest BCUT2D eigenvalue weighted by molar-refractivity contribution is 0.0341. The number of hydrogen-bond acceptors (Lipinski definition) is 4. The molecule has 0 atom stereocenters. The second kappa shape index (κ2) is 9.94. The largest absolute Gasteiger partial charge is 0.379 e. The zero-order valence-electron chi connectivity index (χ0n) is 15.4. The lowest BCUT2D eigenvalue weighted by Gasteiger charge is -2.27. The molecule has 1 aromatic heterocycles. The van der Waals surface area contributed by atoms with Gasteiger partial charge in [0.2, 0.25) is 0 Å². The maximum atomic E-state index is 5.44. The molecule has 140 valence electrons. The Kier molecular flexibility index (Phi) is 7.04. The molecule has 1 saturated heterocycles. The van der Waals surface area contributed by atoms with E-state index in [0.29, 0.717) is 0 Å². The van der Waals surface area contributed by atoms with E-state index >= 15 is 0 Å². The van der Waals surface area contributed by atoms with Gasteiger partial charge in [0.05, 0.1) is 19.8 Å². The summed E-state index contributed by atoms with van der Waals surface area (Å²) in [6.45, 7) is 6.95. The van der Waals surface area contributed by atoms with Crippen LogP contribution in [0.25, 0.3) is 0 Å². The molecule has 1 aliphatic heterocycles. The third kappa shape index (κ3) is 5.57. The van der Waals surface area contributed by atoms with Crippen molar-refractivity contribution in [3.05, 3.63) is 53.9 Å². The van der Waals surface area contributed by atoms with Crippen LogP contribution in [-0.2, 0) is 24.4 Å². The topological polar surface area (TPSA) is 66.7 Å². The number of nitrogens with one attached hydrogen (secondary N) is 2. The highest BCUT2D eigenvalue weighted by molar-refractivity contribution is 5.79. The molecule has 26 heavy (non-hydrogen) atoms. The van der Waals surface area contributed by atoms with E-state index in [9.17, 15) is 0 Å². The summed E-state index contributed by atoms with van der Waals surface area (Å²) in [5.74, 6) is 0.804. The van der Waals surface area contributed by atoms with E-state index in [1.54, 1.807) is 13.2 Å². The molecule has 0 radical (unpaired) electrons. The minimum absolute atomic E-state index is 0.752. The van der Waals surface area contributed by atoms with Crippen molar-refractivity contribution in [2.45, 2.75) is 19.6 Å². The van der Waals surface area contributed by atoms with Gasteiger partial charge >= 0.3 is 0 Å². The number of guanidine groups is 1. The van der Waals surface area contributed by atoms with Crippen LogP contribution in [0.4, 0.5) is 0 Å². The first-order valence-corrected chi connectivity index (χ1v) is 9.14. The zero-order chi connectivity index (χ0) is 18.0. The highest BCUT2D eigenvalue weighted by Crippen LogP contribution is 2.12. The molecule has 0 bridgehead atoms. The van der Waals surface area contributed by atoms with Crippen LogP contribution >= 0.6 is 0 Å². The van der Waals surface area contributed by atoms with Crippen molar-refractivity contribution in [1.29, 1.82) is 0 Å². The van der Waals surface area contributed by atoms with Gasteiger partial charge in [-0.25, -0.2) is 0 Å². The Morgan fingerprint density at radius 3 is 2.69 bits per heavy atom. The van der Waals surface area contributed by atoms with Crippen LogP contribution in [0.2, 0.25) is 0 Å². The van der Waals surface area contributed by atoms with Crippen LogP contribution in [0, 0.1) is 0 Å². The predicted octanol–water partition coefficient (Wildman–Crippen LogP) is 1.08. The van der Waals surface area contributed by atoms with E-state index in [1.165, 1.54) is 11.1 Å². The molecule has 0 unspecified atom stereocenters. The van der Waals surface area contributed by atoms with Crippen molar-refractivity contribution >= 4 is 5.96 Å². The quantitative estimate of drug-likeness (QED) is 0.574. The molecule has 2 heterocycles. The fourth-order valence-corrected chi connectivity index (χ4v) is 3.01. The molecule has 0 aliphatic carbocycles. The highest BCUT2D eigenvalue weighted by atomic mass is 16.5. The lowest BCUT2D eigenvalue weighted by atomic mass is 10.1. The van der Waals surface area contributed by atoms with Gasteiger partial charge in [0.15, 0.2) is 5.96 Å². The maximum absolute atomic E-state index is 5.44. The SMILES string of the molecule is CN=C(NCCn1cccn1)NCc1ccccc1CN1CCOCC1. The van der Waals surface area contributed by atoms with E-state index in [0.717, 1.165) is 58.4 Å². The van der Waals surface area contributed by atoms with Crippen molar-refractivity contribution in [3.63, 3.8) is 0 Å². The minimum Gasteiger partial charge on any atom is -0.379 e. The molecule has 7 nitrogen and oxygen atoms in total. The molecule has 0 spiro atoms. The van der Waals surface area contributed by atoms with E-state index < -0.39 is 0 Å². The monoisotopic (exact) mass is 356 g/mol. The Morgan fingerprint density at radius 1 is 1.15 bits per heavy atom. The first-order chi connectivity index (χ1) is 12.8. The van der Waals surface area contributed by atoms with Crippen LogP contribution in [0.5, 0.6) is 0 Å². The molecule has 0 amide bonds. The van der Waals surface area contributed by atoms with Gasteiger partial charge in [0.25, 0.3) is 0 Å². The average Bonchev–Trinajstić information content (AvgIpc) is 3.20. The Morgan fingerprint density at radius 2 is 1.96 bits per heavy atom. The molecular formula is C19H28N6O. The Labute approximate surface area is 155 Å². The third-order valence-electron chi connectivity index (χ3n) is 4.48. The summed E-state index contributed by atoms with van der Waals surface area (Å²) in [6, 6.07) is 10.5. The molecule has 1 aromatic carbocycles. The van der Waals surface area contributed by atoms with Crippen molar-refractivity contribution in [2.75, 3.05) is 39.9 Å². The fraction of sp³-hybridized carbons (Fsp3) is 0.474. The Hall–Kier alpha value is -2.38. The summed E-state index contributed by atoms with van der Waals surface area (Å²) >= 11 is 0. The van der Waals surface area contributed by atoms with Gasteiger partial charge in [-0.3, -0.25) is 14.6 Å². The van der Waals surface area contributed by atoms with E-state index in [2.05, 4.69) is 49.9 Å². The molecule has 2 aromatic rings. The van der Waals surface area contributed by atoms with Crippen LogP contribution in [-0.4, -0.2) is 60.5 Å². The second-order valence-electron chi connectivity index (χ2n) is 6.28. The molecule has 1 fully saturated rings. The number of aliphatic imine (C=N–C) groups is 1. The van der Waals surface area contributed by atoms with Crippen molar-refractivity contribution < 1.29 is 4.74 Å². The summed E-state index contributed by atoms with van der Waals surface area (Å²) in [7, 11) is 1.79. The number of morpholine rings is 1. The average molecular weight is 356 g/mol. The Balaban J connectivity index is 1.49. The minimum atomic E-state index is 0.752. The number of benzene rings is 1. The summed E-state index contributed by atoms with van der Waals surface area (Å²) in [5.41, 5.74) is 2.66. The van der Waals surface area contributed by atoms with Crippen molar-refractivity contribution in [2.24, 2.45) is 4.99 Å². The van der Waals surface area contributed by atoms with Gasteiger partial charge in [-0.15, -0.1) is 0 Å². The fourth-order valence-electron chi connectivity index (χ4n) is 3.01. The number of rotatable bonds is 7. The van der Waals surface area contributed by atoms with E-state index in [-0.39, 0.29) is 0 Å². The number of nitrogens with zero attached hydrogens (tertiary/aromatic N) is 4. The van der Waals surface area contributed by atoms with Gasteiger partial charge in [0.1, 0.15) is 0 Å². The molecule has 3 rings (SSSR count). The Bertz CT molecular complexity index is 679. The molecule has 1 aliphatic rings. The van der Waals surface area contributed by atoms with Gasteiger partial charge in [-0.2, -0.15) is 5.10 Å². The lowest BCUT2D eigenvalue weighted by Crippen LogP contribution is -2.39. The molecule has 0 saturated carbocycles. The van der Waals surface area contributed by atoms with Gasteiger partial charge < -0.3 is 15.4 Å². The molecule has 7 heteroatoms. The van der Waals surface area contributed by atoms with Crippen LogP contribution in [0.1, 0.15) is 11.1 Å². The van der Waals surface area contributed by atoms with E-state index in [1.807, 2.05) is 16.9 Å². The predicted molar refractivity (Wildman–Crippen MR) is 103 cm³/mol. The summed E-state index contributed by atoms with van der Waals surface area (Å²) < 4.78 is 7.34. The van der Waals surface area contributed by atoms with Crippen LogP contribution in [0.3, 0.4) is 0 Å². The summed E-state index contributed by atoms with van der Waals surface area (Å²) in [4.78, 5) is 6.75.